The molecule has 0 radical (unpaired) electrons. The largest absolute Gasteiger partial charge is 0.692 e. The molecule has 0 aromatic rings. The molecule has 64 valence electrons. The first-order valence-corrected chi connectivity index (χ1v) is 3.84. The van der Waals surface area contributed by atoms with Crippen molar-refractivity contribution in [2.24, 2.45) is 0 Å². The van der Waals surface area contributed by atoms with Gasteiger partial charge in [0.2, 0.25) is 0 Å². The molecule has 10 heteroatoms. The quantitative estimate of drug-likeness (QED) is 0.313. The lowest BCUT2D eigenvalue weighted by Crippen LogP contribution is -1.89. The Labute approximate surface area is 63.6 Å². The summed E-state index contributed by atoms with van der Waals surface area (Å²) in [5, 5.41) is 0. The van der Waals surface area contributed by atoms with Gasteiger partial charge in [0.05, 0.1) is 0 Å². The Bertz CT molecular complexity index is 156. The van der Waals surface area contributed by atoms with Gasteiger partial charge in [-0.3, -0.25) is 9.11 Å². The first kappa shape index (κ1) is 16.6. The molecule has 10 heavy (non-hydrogen) atoms. The maximum atomic E-state index is 8.74. The van der Waals surface area contributed by atoms with Gasteiger partial charge in [0.25, 0.3) is 0 Å². The smallest absolute Gasteiger partial charge is 0.264 e. The van der Waals surface area contributed by atoms with Gasteiger partial charge in [-0.1, -0.05) is 0 Å². The van der Waals surface area contributed by atoms with Gasteiger partial charge in [-0.2, -0.15) is 8.42 Å². The summed E-state index contributed by atoms with van der Waals surface area (Å²) in [4.78, 5) is 14.2. The highest BCUT2D eigenvalue weighted by atomic mass is 35.5. The van der Waals surface area contributed by atoms with Gasteiger partial charge in [0.15, 0.2) is 0 Å². The van der Waals surface area contributed by atoms with Crippen LogP contribution < -0.4 is 0 Å². The van der Waals surface area contributed by atoms with E-state index >= 15 is 0 Å². The van der Waals surface area contributed by atoms with E-state index < -0.39 is 18.7 Å². The van der Waals surface area contributed by atoms with E-state index in [0.717, 1.165) is 0 Å². The van der Waals surface area contributed by atoms with Crippen LogP contribution in [0.2, 0.25) is 0 Å². The predicted octanol–water partition coefficient (Wildman–Crippen LogP) is -0.603. The number of hydrogen-bond acceptors (Lipinski definition) is 3. The molecule has 0 atom stereocenters. The summed E-state index contributed by atoms with van der Waals surface area (Å²) in [5.74, 6) is 0. The Balaban J connectivity index is -0.0000000910. The minimum Gasteiger partial charge on any atom is -0.264 e. The summed E-state index contributed by atoms with van der Waals surface area (Å²) in [5.41, 5.74) is 0. The SMILES string of the molecule is Cl.O=S(=O)(O)O.O=[P+](O)O. The fourth-order valence-corrected chi connectivity index (χ4v) is 0. The third-order valence-electron chi connectivity index (χ3n) is 0. The summed E-state index contributed by atoms with van der Waals surface area (Å²) < 4.78 is 40.3. The van der Waals surface area contributed by atoms with E-state index in [9.17, 15) is 0 Å². The zero-order valence-corrected chi connectivity index (χ0v) is 6.80. The molecule has 0 aromatic heterocycles. The molecular formula is H5ClO7PS+. The van der Waals surface area contributed by atoms with Crippen LogP contribution in [-0.4, -0.2) is 27.3 Å². The van der Waals surface area contributed by atoms with E-state index in [1.807, 2.05) is 0 Å². The van der Waals surface area contributed by atoms with Crippen LogP contribution in [0.3, 0.4) is 0 Å². The Morgan fingerprint density at radius 3 is 1.10 bits per heavy atom. The van der Waals surface area contributed by atoms with Crippen LogP contribution in [0.4, 0.5) is 0 Å². The normalized spacial score (nSPS) is 8.40. The molecule has 0 rings (SSSR count). The minimum absolute atomic E-state index is 0. The average molecular weight is 216 g/mol. The Morgan fingerprint density at radius 1 is 1.10 bits per heavy atom. The van der Waals surface area contributed by atoms with E-state index in [1.54, 1.807) is 0 Å². The number of hydrogen-bond donors (Lipinski definition) is 4. The molecule has 0 fully saturated rings. The Morgan fingerprint density at radius 2 is 1.10 bits per heavy atom. The Hall–Kier alpha value is 0.180. The van der Waals surface area contributed by atoms with Gasteiger partial charge in [-0.25, -0.2) is 0 Å². The molecule has 0 spiro atoms. The molecule has 0 saturated carbocycles. The van der Waals surface area contributed by atoms with Crippen LogP contribution in [0.5, 0.6) is 0 Å². The monoisotopic (exact) mass is 215 g/mol. The number of rotatable bonds is 0. The summed E-state index contributed by atoms with van der Waals surface area (Å²) >= 11 is 0. The van der Waals surface area contributed by atoms with Crippen molar-refractivity contribution in [3.63, 3.8) is 0 Å². The number of halogens is 1. The second-order valence-electron chi connectivity index (χ2n) is 0.701. The van der Waals surface area contributed by atoms with Gasteiger partial charge in [-0.15, -0.1) is 22.2 Å². The average Bonchev–Trinajstić information content (AvgIpc) is 1.19. The summed E-state index contributed by atoms with van der Waals surface area (Å²) in [6.07, 6.45) is 0. The van der Waals surface area contributed by atoms with Crippen molar-refractivity contribution in [1.29, 1.82) is 0 Å². The second-order valence-corrected chi connectivity index (χ2v) is 2.10. The van der Waals surface area contributed by atoms with E-state index in [-0.39, 0.29) is 12.4 Å². The Kier molecular flexibility index (Phi) is 12.1. The fraction of sp³-hybridized carbons (Fsp3) is 0. The summed E-state index contributed by atoms with van der Waals surface area (Å²) in [6.45, 7) is 0. The van der Waals surface area contributed by atoms with Crippen molar-refractivity contribution in [3.05, 3.63) is 0 Å². The lowest BCUT2D eigenvalue weighted by molar-refractivity contribution is 0.380. The minimum atomic E-state index is -4.67. The predicted molar refractivity (Wildman–Crippen MR) is 33.5 cm³/mol. The topological polar surface area (TPSA) is 132 Å². The molecule has 0 aliphatic rings. The highest BCUT2D eigenvalue weighted by molar-refractivity contribution is 7.79. The van der Waals surface area contributed by atoms with Crippen molar-refractivity contribution in [2.45, 2.75) is 0 Å². The highest BCUT2D eigenvalue weighted by Crippen LogP contribution is 1.98. The van der Waals surface area contributed by atoms with E-state index in [4.69, 9.17) is 31.9 Å². The second kappa shape index (κ2) is 7.29. The van der Waals surface area contributed by atoms with Crippen molar-refractivity contribution >= 4 is 31.1 Å². The van der Waals surface area contributed by atoms with E-state index in [2.05, 4.69) is 0 Å². The summed E-state index contributed by atoms with van der Waals surface area (Å²) in [6, 6.07) is 0. The molecule has 0 aromatic carbocycles. The first-order valence-electron chi connectivity index (χ1n) is 1.28. The van der Waals surface area contributed by atoms with Crippen LogP contribution in [0.25, 0.3) is 0 Å². The molecule has 0 bridgehead atoms. The van der Waals surface area contributed by atoms with Crippen LogP contribution in [0.15, 0.2) is 0 Å². The molecular weight excluding hydrogens is 210 g/mol. The van der Waals surface area contributed by atoms with E-state index in [1.165, 1.54) is 0 Å². The van der Waals surface area contributed by atoms with Crippen molar-refractivity contribution in [1.82, 2.24) is 0 Å². The molecule has 7 nitrogen and oxygen atoms in total. The first-order chi connectivity index (χ1) is 3.73. The zero-order chi connectivity index (χ0) is 8.08. The van der Waals surface area contributed by atoms with Crippen LogP contribution >= 0.6 is 20.7 Å². The standard InChI is InChI=1S/ClH.H2O4S.HO3P/c;1-5(2,3)4;1-4(2)3/h1H;(H2,1,2,3,4);(H-,1,2,3)/p+1. The summed E-state index contributed by atoms with van der Waals surface area (Å²) in [7, 11) is -7.54. The third kappa shape index (κ3) is 13000. The third-order valence-corrected chi connectivity index (χ3v) is 0. The van der Waals surface area contributed by atoms with E-state index in [0.29, 0.717) is 0 Å². The van der Waals surface area contributed by atoms with Crippen molar-refractivity contribution in [3.8, 4) is 0 Å². The molecule has 0 aliphatic carbocycles. The fourth-order valence-electron chi connectivity index (χ4n) is 0. The van der Waals surface area contributed by atoms with Gasteiger partial charge in [0.1, 0.15) is 0 Å². The molecule has 0 unspecified atom stereocenters. The van der Waals surface area contributed by atoms with Crippen LogP contribution in [0.1, 0.15) is 0 Å². The van der Waals surface area contributed by atoms with Crippen molar-refractivity contribution in [2.75, 3.05) is 0 Å². The van der Waals surface area contributed by atoms with Gasteiger partial charge >= 0.3 is 18.7 Å². The van der Waals surface area contributed by atoms with Crippen LogP contribution in [0, 0.1) is 0 Å². The van der Waals surface area contributed by atoms with Crippen molar-refractivity contribution < 1.29 is 31.9 Å². The maximum Gasteiger partial charge on any atom is 0.692 e. The van der Waals surface area contributed by atoms with Gasteiger partial charge < -0.3 is 0 Å². The molecule has 4 N–H and O–H groups in total. The van der Waals surface area contributed by atoms with Crippen LogP contribution in [-0.2, 0) is 15.0 Å². The molecule has 0 heterocycles. The lowest BCUT2D eigenvalue weighted by atomic mass is 15.8. The molecule has 0 saturated heterocycles. The molecule has 0 amide bonds. The zero-order valence-electron chi connectivity index (χ0n) is 4.28. The molecule has 0 aliphatic heterocycles. The highest BCUT2D eigenvalue weighted by Gasteiger charge is 1.93. The van der Waals surface area contributed by atoms with Gasteiger partial charge in [-0.05, 0) is 0 Å². The van der Waals surface area contributed by atoms with Gasteiger partial charge in [0, 0.05) is 4.57 Å². The maximum absolute atomic E-state index is 8.74. The lowest BCUT2D eigenvalue weighted by Gasteiger charge is -1.68.